The fraction of sp³-hybridized carbons (Fsp3) is 0.280. The predicted molar refractivity (Wildman–Crippen MR) is 139 cm³/mol. The topological polar surface area (TPSA) is 153 Å². The van der Waals surface area contributed by atoms with Gasteiger partial charge in [-0.15, -0.1) is 0 Å². The minimum absolute atomic E-state index is 0.132. The number of pyridine rings is 1. The summed E-state index contributed by atoms with van der Waals surface area (Å²) in [6, 6.07) is 9.46. The van der Waals surface area contributed by atoms with E-state index in [1.807, 2.05) is 42.2 Å². The van der Waals surface area contributed by atoms with Crippen molar-refractivity contribution < 1.29 is 14.3 Å². The van der Waals surface area contributed by atoms with Gasteiger partial charge in [-0.05, 0) is 36.4 Å². The van der Waals surface area contributed by atoms with Crippen LogP contribution >= 0.6 is 0 Å². The van der Waals surface area contributed by atoms with Gasteiger partial charge >= 0.3 is 0 Å². The Morgan fingerprint density at radius 3 is 2.67 bits per heavy atom. The Hall–Kier alpha value is -5.14. The van der Waals surface area contributed by atoms with Crippen LogP contribution in [-0.2, 0) is 4.79 Å². The van der Waals surface area contributed by atoms with Crippen LogP contribution in [0.3, 0.4) is 0 Å². The van der Waals surface area contributed by atoms with Gasteiger partial charge in [0.2, 0.25) is 0 Å². The number of ketones is 1. The molecule has 1 aliphatic rings. The van der Waals surface area contributed by atoms with Crippen LogP contribution in [0.4, 0.5) is 5.95 Å². The zero-order chi connectivity index (χ0) is 27.1. The maximum absolute atomic E-state index is 13.5. The number of rotatable bonds is 6. The Morgan fingerprint density at radius 2 is 1.95 bits per heavy atom. The van der Waals surface area contributed by atoms with Gasteiger partial charge in [-0.3, -0.25) is 9.59 Å². The van der Waals surface area contributed by atoms with Crippen molar-refractivity contribution in [1.82, 2.24) is 49.8 Å². The van der Waals surface area contributed by atoms with Gasteiger partial charge in [0.1, 0.15) is 17.9 Å². The third-order valence-electron chi connectivity index (χ3n) is 6.76. The second kappa shape index (κ2) is 9.63. The number of nitrogens with zero attached hydrogens (tertiary/aromatic N) is 10. The highest BCUT2D eigenvalue weighted by atomic mass is 16.5. The summed E-state index contributed by atoms with van der Waals surface area (Å²) in [6.07, 6.45) is 4.55. The van der Waals surface area contributed by atoms with E-state index >= 15 is 0 Å². The summed E-state index contributed by atoms with van der Waals surface area (Å²) in [4.78, 5) is 42.2. The highest BCUT2D eigenvalue weighted by molar-refractivity contribution is 6.45. The number of Topliss-reactive ketones (excluding diaryl/α,β-unsaturated/α-hetero) is 1. The largest absolute Gasteiger partial charge is 0.494 e. The number of nitrogens with one attached hydrogen (secondary N) is 1. The van der Waals surface area contributed by atoms with E-state index in [0.29, 0.717) is 53.9 Å². The molecule has 0 bridgehead atoms. The number of hydrogen-bond acceptors (Lipinski definition) is 10. The second-order valence-corrected chi connectivity index (χ2v) is 9.19. The summed E-state index contributed by atoms with van der Waals surface area (Å²) in [7, 11) is 1.49. The molecule has 5 aromatic rings. The monoisotopic (exact) mass is 527 g/mol. The number of methoxy groups -OCH3 is 1. The summed E-state index contributed by atoms with van der Waals surface area (Å²) in [5, 5.41) is 17.0. The minimum atomic E-state index is -0.638. The highest BCUT2D eigenvalue weighted by Crippen LogP contribution is 2.32. The van der Waals surface area contributed by atoms with Crippen molar-refractivity contribution in [3.05, 3.63) is 60.4 Å². The number of carbonyl (C=O) groups excluding carboxylic acids is 2. The molecule has 0 radical (unpaired) electrons. The lowest BCUT2D eigenvalue weighted by Crippen LogP contribution is -2.55. The number of tetrazole rings is 1. The van der Waals surface area contributed by atoms with Crippen LogP contribution < -0.4 is 9.64 Å². The summed E-state index contributed by atoms with van der Waals surface area (Å²) >= 11 is 0. The Bertz CT molecular complexity index is 1670. The fourth-order valence-corrected chi connectivity index (χ4v) is 4.86. The van der Waals surface area contributed by atoms with Crippen LogP contribution in [-0.4, -0.2) is 94.3 Å². The molecule has 0 unspecified atom stereocenters. The number of H-pyrrole nitrogens is 1. The third-order valence-corrected chi connectivity index (χ3v) is 6.76. The van der Waals surface area contributed by atoms with E-state index < -0.39 is 11.7 Å². The molecule has 39 heavy (non-hydrogen) atoms. The van der Waals surface area contributed by atoms with Gasteiger partial charge in [-0.25, -0.2) is 14.6 Å². The maximum atomic E-state index is 13.5. The lowest BCUT2D eigenvalue weighted by molar-refractivity contribution is -0.127. The number of para-hydroxylation sites is 1. The smallest absolute Gasteiger partial charge is 0.295 e. The Morgan fingerprint density at radius 1 is 1.13 bits per heavy atom. The molecule has 1 N–H and O–H groups in total. The first-order valence-electron chi connectivity index (χ1n) is 12.3. The summed E-state index contributed by atoms with van der Waals surface area (Å²) in [5.41, 5.74) is 1.55. The molecular formula is C25H25N11O3. The maximum Gasteiger partial charge on any atom is 0.295 e. The van der Waals surface area contributed by atoms with Crippen molar-refractivity contribution in [3.8, 4) is 17.3 Å². The number of amides is 1. The molecule has 1 amide bonds. The Kier molecular flexibility index (Phi) is 5.98. The molecule has 14 heteroatoms. The number of aryl methyl sites for hydroxylation is 1. The lowest BCUT2D eigenvalue weighted by atomic mass is 10.1. The van der Waals surface area contributed by atoms with Crippen molar-refractivity contribution in [3.63, 3.8) is 0 Å². The van der Waals surface area contributed by atoms with E-state index in [9.17, 15) is 9.59 Å². The third kappa shape index (κ3) is 4.15. The molecule has 1 aliphatic heterocycles. The SMILES string of the molecule is COc1cnc(-n2cnc(C)n2)c2[nH]cc(C(=O)C(=O)N3CCN(c4nnnn4-c4ccccc4)[C@@H](C)C3)c12. The first-order valence-corrected chi connectivity index (χ1v) is 12.3. The van der Waals surface area contributed by atoms with E-state index in [2.05, 4.69) is 35.6 Å². The van der Waals surface area contributed by atoms with Crippen LogP contribution in [0.5, 0.6) is 5.75 Å². The van der Waals surface area contributed by atoms with E-state index in [4.69, 9.17) is 4.74 Å². The number of fused-ring (bicyclic) bond motifs is 1. The standard InChI is InChI=1S/C25H25N11O3/c1-15-13-33(9-10-34(15)25-29-31-32-36(25)17-7-5-4-6-8-17)24(38)22(37)18-11-26-21-20(18)19(39-3)12-27-23(21)35-14-28-16(2)30-35/h4-8,11-12,14-15,26H,9-10,13H2,1-3H3/t15-/m0/s1. The van der Waals surface area contributed by atoms with Gasteiger partial charge in [0.05, 0.1) is 35.5 Å². The molecule has 0 spiro atoms. The number of carbonyl (C=O) groups is 2. The molecule has 14 nitrogen and oxygen atoms in total. The number of aromatic nitrogens is 9. The molecule has 1 saturated heterocycles. The fourth-order valence-electron chi connectivity index (χ4n) is 4.86. The number of benzene rings is 1. The van der Waals surface area contributed by atoms with Crippen LogP contribution in [0.15, 0.2) is 49.1 Å². The number of piperazine rings is 1. The summed E-state index contributed by atoms with van der Waals surface area (Å²) < 4.78 is 8.66. The first-order chi connectivity index (χ1) is 19.0. The minimum Gasteiger partial charge on any atom is -0.494 e. The van der Waals surface area contributed by atoms with Crippen molar-refractivity contribution in [2.75, 3.05) is 31.6 Å². The Balaban J connectivity index is 1.25. The van der Waals surface area contributed by atoms with Gasteiger partial charge in [-0.1, -0.05) is 23.3 Å². The number of ether oxygens (including phenoxy) is 1. The lowest BCUT2D eigenvalue weighted by Gasteiger charge is -2.39. The molecule has 0 saturated carbocycles. The van der Waals surface area contributed by atoms with Crippen LogP contribution in [0.2, 0.25) is 0 Å². The summed E-state index contributed by atoms with van der Waals surface area (Å²) in [5.74, 6) is 0.732. The normalized spacial score (nSPS) is 15.6. The molecule has 198 valence electrons. The Labute approximate surface area is 222 Å². The predicted octanol–water partition coefficient (Wildman–Crippen LogP) is 1.36. The zero-order valence-electron chi connectivity index (χ0n) is 21.5. The van der Waals surface area contributed by atoms with Crippen molar-refractivity contribution in [2.45, 2.75) is 19.9 Å². The van der Waals surface area contributed by atoms with Gasteiger partial charge in [-0.2, -0.15) is 9.78 Å². The van der Waals surface area contributed by atoms with Gasteiger partial charge in [0.15, 0.2) is 5.82 Å². The summed E-state index contributed by atoms with van der Waals surface area (Å²) in [6.45, 7) is 4.87. The highest BCUT2D eigenvalue weighted by Gasteiger charge is 2.34. The molecule has 4 aromatic heterocycles. The number of anilines is 1. The molecular weight excluding hydrogens is 502 g/mol. The van der Waals surface area contributed by atoms with E-state index in [1.54, 1.807) is 16.5 Å². The zero-order valence-corrected chi connectivity index (χ0v) is 21.5. The second-order valence-electron chi connectivity index (χ2n) is 9.19. The van der Waals surface area contributed by atoms with Crippen molar-refractivity contribution in [2.24, 2.45) is 0 Å². The van der Waals surface area contributed by atoms with Gasteiger partial charge in [0, 0.05) is 31.9 Å². The number of aromatic amines is 1. The molecule has 6 rings (SSSR count). The van der Waals surface area contributed by atoms with Crippen LogP contribution in [0.1, 0.15) is 23.1 Å². The molecule has 5 heterocycles. The van der Waals surface area contributed by atoms with E-state index in [1.165, 1.54) is 30.5 Å². The average Bonchev–Trinajstić information content (AvgIpc) is 3.72. The molecule has 1 atom stereocenters. The molecule has 1 fully saturated rings. The van der Waals surface area contributed by atoms with Gasteiger partial charge < -0.3 is 19.5 Å². The molecule has 0 aliphatic carbocycles. The molecule has 1 aromatic carbocycles. The van der Waals surface area contributed by atoms with E-state index in [-0.39, 0.29) is 11.6 Å². The van der Waals surface area contributed by atoms with Crippen molar-refractivity contribution >= 4 is 28.5 Å². The first kappa shape index (κ1) is 24.2. The van der Waals surface area contributed by atoms with Crippen LogP contribution in [0.25, 0.3) is 22.4 Å². The average molecular weight is 528 g/mol. The van der Waals surface area contributed by atoms with E-state index in [0.717, 1.165) is 5.69 Å². The van der Waals surface area contributed by atoms with Crippen molar-refractivity contribution in [1.29, 1.82) is 0 Å². The quantitative estimate of drug-likeness (QED) is 0.253. The van der Waals surface area contributed by atoms with Gasteiger partial charge in [0.25, 0.3) is 17.6 Å². The van der Waals surface area contributed by atoms with Crippen LogP contribution in [0, 0.1) is 6.92 Å². The number of hydrogen-bond donors (Lipinski definition) is 1.